The highest BCUT2D eigenvalue weighted by molar-refractivity contribution is 9.10. The summed E-state index contributed by atoms with van der Waals surface area (Å²) in [5.74, 6) is -0.952. The van der Waals surface area contributed by atoms with Crippen LogP contribution in [0.5, 0.6) is 0 Å². The molecule has 0 aromatic heterocycles. The maximum absolute atomic E-state index is 13.2. The summed E-state index contributed by atoms with van der Waals surface area (Å²) >= 11 is 6.37. The summed E-state index contributed by atoms with van der Waals surface area (Å²) in [6, 6.07) is 1.92. The highest BCUT2D eigenvalue weighted by atomic mass is 79.9. The van der Waals surface area contributed by atoms with Crippen LogP contribution >= 0.6 is 31.9 Å². The summed E-state index contributed by atoms with van der Waals surface area (Å²) in [6.07, 6.45) is 0.265. The van der Waals surface area contributed by atoms with E-state index in [4.69, 9.17) is 0 Å². The number of nitrogens with zero attached hydrogens (tertiary/aromatic N) is 2. The topological polar surface area (TPSA) is 63.5 Å². The second kappa shape index (κ2) is 4.93. The molecule has 0 N–H and O–H groups in total. The second-order valence-corrected chi connectivity index (χ2v) is 5.97. The molecule has 2 rings (SSSR count). The average Bonchev–Trinajstić information content (AvgIpc) is 2.56. The number of hydrogen-bond acceptors (Lipinski definition) is 3. The van der Waals surface area contributed by atoms with Crippen LogP contribution in [-0.2, 0) is 4.79 Å². The zero-order valence-corrected chi connectivity index (χ0v) is 12.1. The number of halogens is 3. The van der Waals surface area contributed by atoms with E-state index in [1.54, 1.807) is 0 Å². The first-order chi connectivity index (χ1) is 8.40. The van der Waals surface area contributed by atoms with Gasteiger partial charge in [-0.3, -0.25) is 14.9 Å². The number of nitro benzene ring substituents is 1. The van der Waals surface area contributed by atoms with E-state index in [0.717, 1.165) is 12.1 Å². The summed E-state index contributed by atoms with van der Waals surface area (Å²) < 4.78 is 13.4. The first-order valence-corrected chi connectivity index (χ1v) is 6.69. The third-order valence-electron chi connectivity index (χ3n) is 2.55. The van der Waals surface area contributed by atoms with Gasteiger partial charge in [-0.1, -0.05) is 15.9 Å². The number of nitro groups is 1. The van der Waals surface area contributed by atoms with Crippen molar-refractivity contribution in [3.05, 3.63) is 32.5 Å². The number of rotatable bonds is 2. The molecule has 1 aliphatic heterocycles. The first kappa shape index (κ1) is 13.4. The molecule has 0 bridgehead atoms. The van der Waals surface area contributed by atoms with Crippen LogP contribution in [0, 0.1) is 15.9 Å². The third kappa shape index (κ3) is 2.39. The van der Waals surface area contributed by atoms with E-state index in [0.29, 0.717) is 6.54 Å². The molecule has 1 amide bonds. The largest absolute Gasteiger partial charge is 0.304 e. The van der Waals surface area contributed by atoms with E-state index in [1.807, 2.05) is 0 Å². The molecule has 18 heavy (non-hydrogen) atoms. The van der Waals surface area contributed by atoms with Crippen molar-refractivity contribution >= 4 is 49.1 Å². The minimum atomic E-state index is -0.723. The smallest absolute Gasteiger partial charge is 0.297 e. The Bertz CT molecular complexity index is 538. The Hall–Kier alpha value is -1.02. The molecule has 1 fully saturated rings. The molecule has 1 aromatic carbocycles. The van der Waals surface area contributed by atoms with Crippen molar-refractivity contribution in [2.45, 2.75) is 11.2 Å². The minimum absolute atomic E-state index is 0.0541. The van der Waals surface area contributed by atoms with Crippen LogP contribution in [0.2, 0.25) is 0 Å². The van der Waals surface area contributed by atoms with E-state index in [-0.39, 0.29) is 27.3 Å². The standard InChI is InChI=1S/C10H7Br2FN2O3/c11-5-1-9(16)14(4-5)10-7(12)2-6(13)3-8(10)15(17)18/h2-3,5H,1,4H2. The second-order valence-electron chi connectivity index (χ2n) is 3.82. The number of benzene rings is 1. The van der Waals surface area contributed by atoms with Gasteiger partial charge in [0.1, 0.15) is 11.5 Å². The lowest BCUT2D eigenvalue weighted by atomic mass is 10.2. The van der Waals surface area contributed by atoms with E-state index >= 15 is 0 Å². The van der Waals surface area contributed by atoms with Gasteiger partial charge in [-0.15, -0.1) is 0 Å². The molecular formula is C10H7Br2FN2O3. The lowest BCUT2D eigenvalue weighted by molar-refractivity contribution is -0.384. The molecule has 1 saturated heterocycles. The summed E-state index contributed by atoms with van der Waals surface area (Å²) in [7, 11) is 0. The molecule has 1 aliphatic rings. The Kier molecular flexibility index (Phi) is 3.67. The number of carbonyl (C=O) groups is 1. The predicted molar refractivity (Wildman–Crippen MR) is 70.4 cm³/mol. The number of amides is 1. The van der Waals surface area contributed by atoms with Crippen molar-refractivity contribution in [2.75, 3.05) is 11.4 Å². The lowest BCUT2D eigenvalue weighted by Gasteiger charge is -2.17. The fourth-order valence-electron chi connectivity index (χ4n) is 1.84. The van der Waals surface area contributed by atoms with Crippen LogP contribution in [0.25, 0.3) is 0 Å². The van der Waals surface area contributed by atoms with Crippen molar-refractivity contribution in [1.29, 1.82) is 0 Å². The molecule has 5 nitrogen and oxygen atoms in total. The maximum Gasteiger partial charge on any atom is 0.297 e. The van der Waals surface area contributed by atoms with E-state index in [1.165, 1.54) is 4.90 Å². The number of alkyl halides is 1. The fraction of sp³-hybridized carbons (Fsp3) is 0.300. The van der Waals surface area contributed by atoms with Crippen LogP contribution in [-0.4, -0.2) is 22.2 Å². The van der Waals surface area contributed by atoms with Crippen molar-refractivity contribution < 1.29 is 14.1 Å². The van der Waals surface area contributed by atoms with Crippen molar-refractivity contribution in [2.24, 2.45) is 0 Å². The van der Waals surface area contributed by atoms with Gasteiger partial charge in [0.15, 0.2) is 0 Å². The molecule has 1 unspecified atom stereocenters. The maximum atomic E-state index is 13.2. The molecule has 1 atom stereocenters. The molecular weight excluding hydrogens is 375 g/mol. The van der Waals surface area contributed by atoms with Gasteiger partial charge < -0.3 is 4.90 Å². The van der Waals surface area contributed by atoms with Crippen LogP contribution in [0.15, 0.2) is 16.6 Å². The van der Waals surface area contributed by atoms with Gasteiger partial charge in [0.2, 0.25) is 5.91 Å². The number of anilines is 1. The van der Waals surface area contributed by atoms with Crippen LogP contribution in [0.4, 0.5) is 15.8 Å². The van der Waals surface area contributed by atoms with E-state index in [9.17, 15) is 19.3 Å². The molecule has 1 aromatic rings. The Labute approximate surface area is 118 Å². The fourth-order valence-corrected chi connectivity index (χ4v) is 3.04. The van der Waals surface area contributed by atoms with Crippen LogP contribution < -0.4 is 4.90 Å². The predicted octanol–water partition coefficient (Wildman–Crippen LogP) is 3.00. The molecule has 0 radical (unpaired) electrons. The molecule has 0 spiro atoms. The first-order valence-electron chi connectivity index (χ1n) is 4.98. The zero-order valence-electron chi connectivity index (χ0n) is 8.90. The number of carbonyl (C=O) groups excluding carboxylic acids is 1. The van der Waals surface area contributed by atoms with Gasteiger partial charge >= 0.3 is 0 Å². The van der Waals surface area contributed by atoms with Crippen molar-refractivity contribution in [3.63, 3.8) is 0 Å². The quantitative estimate of drug-likeness (QED) is 0.449. The minimum Gasteiger partial charge on any atom is -0.304 e. The van der Waals surface area contributed by atoms with Crippen molar-refractivity contribution in [1.82, 2.24) is 0 Å². The lowest BCUT2D eigenvalue weighted by Crippen LogP contribution is -2.26. The van der Waals surface area contributed by atoms with Gasteiger partial charge in [-0.2, -0.15) is 0 Å². The SMILES string of the molecule is O=C1CC(Br)CN1c1c(Br)cc(F)cc1[N+](=O)[O-]. The van der Waals surface area contributed by atoms with Crippen LogP contribution in [0.3, 0.4) is 0 Å². The Morgan fingerprint density at radius 2 is 2.17 bits per heavy atom. The van der Waals surface area contributed by atoms with E-state index in [2.05, 4.69) is 31.9 Å². The molecule has 8 heteroatoms. The average molecular weight is 382 g/mol. The monoisotopic (exact) mass is 380 g/mol. The van der Waals surface area contributed by atoms with Gasteiger partial charge in [0.05, 0.1) is 15.5 Å². The molecule has 1 heterocycles. The summed E-state index contributed by atoms with van der Waals surface area (Å²) in [6.45, 7) is 0.323. The number of hydrogen-bond donors (Lipinski definition) is 0. The van der Waals surface area contributed by atoms with Gasteiger partial charge in [0, 0.05) is 17.8 Å². The van der Waals surface area contributed by atoms with E-state index < -0.39 is 16.4 Å². The highest BCUT2D eigenvalue weighted by Crippen LogP contribution is 2.39. The van der Waals surface area contributed by atoms with Gasteiger partial charge in [-0.05, 0) is 22.0 Å². The normalized spacial score (nSPS) is 19.4. The molecule has 0 saturated carbocycles. The van der Waals surface area contributed by atoms with Crippen LogP contribution in [0.1, 0.15) is 6.42 Å². The van der Waals surface area contributed by atoms with Crippen molar-refractivity contribution in [3.8, 4) is 0 Å². The van der Waals surface area contributed by atoms with Gasteiger partial charge in [-0.25, -0.2) is 4.39 Å². The Morgan fingerprint density at radius 1 is 1.50 bits per heavy atom. The van der Waals surface area contributed by atoms with Gasteiger partial charge in [0.25, 0.3) is 5.69 Å². The summed E-state index contributed by atoms with van der Waals surface area (Å²) in [5, 5.41) is 10.9. The third-order valence-corrected chi connectivity index (χ3v) is 3.77. The molecule has 96 valence electrons. The zero-order chi connectivity index (χ0) is 13.4. The summed E-state index contributed by atoms with van der Waals surface area (Å²) in [4.78, 5) is 23.2. The summed E-state index contributed by atoms with van der Waals surface area (Å²) in [5.41, 5.74) is -0.315. The highest BCUT2D eigenvalue weighted by Gasteiger charge is 2.34. The molecule has 0 aliphatic carbocycles. The Balaban J connectivity index is 2.56. The Morgan fingerprint density at radius 3 is 2.67 bits per heavy atom.